The molecule has 8 heteroatoms. The SMILES string of the molecule is O=C(CSc1nnc(C(=O)Nc2ccccc2)s1)Nc1ccccc1. The van der Waals surface area contributed by atoms with Crippen molar-refractivity contribution in [1.29, 1.82) is 0 Å². The van der Waals surface area contributed by atoms with Crippen molar-refractivity contribution in [2.24, 2.45) is 0 Å². The van der Waals surface area contributed by atoms with E-state index in [9.17, 15) is 9.59 Å². The first-order chi connectivity index (χ1) is 12.2. The Kier molecular flexibility index (Phi) is 5.76. The van der Waals surface area contributed by atoms with Gasteiger partial charge in [0.25, 0.3) is 5.91 Å². The molecular weight excluding hydrogens is 356 g/mol. The van der Waals surface area contributed by atoms with E-state index in [0.717, 1.165) is 17.0 Å². The zero-order valence-electron chi connectivity index (χ0n) is 13.0. The monoisotopic (exact) mass is 370 g/mol. The van der Waals surface area contributed by atoms with Gasteiger partial charge < -0.3 is 10.6 Å². The van der Waals surface area contributed by atoms with Crippen molar-refractivity contribution in [3.8, 4) is 0 Å². The standard InChI is InChI=1S/C17H14N4O2S2/c22-14(18-12-7-3-1-4-8-12)11-24-17-21-20-16(25-17)15(23)19-13-9-5-2-6-10-13/h1-10H,11H2,(H,18,22)(H,19,23). The third-order valence-corrected chi connectivity index (χ3v) is 5.07. The zero-order valence-corrected chi connectivity index (χ0v) is 14.6. The molecule has 0 radical (unpaired) electrons. The lowest BCUT2D eigenvalue weighted by Crippen LogP contribution is -2.13. The van der Waals surface area contributed by atoms with Gasteiger partial charge in [0.2, 0.25) is 10.9 Å². The van der Waals surface area contributed by atoms with Crippen LogP contribution in [0.25, 0.3) is 0 Å². The molecule has 2 aromatic carbocycles. The van der Waals surface area contributed by atoms with Gasteiger partial charge in [0.05, 0.1) is 5.75 Å². The van der Waals surface area contributed by atoms with E-state index in [1.165, 1.54) is 11.8 Å². The first-order valence-corrected chi connectivity index (χ1v) is 9.18. The lowest BCUT2D eigenvalue weighted by molar-refractivity contribution is -0.113. The number of thioether (sulfide) groups is 1. The number of nitrogens with zero attached hydrogens (tertiary/aromatic N) is 2. The lowest BCUT2D eigenvalue weighted by atomic mass is 10.3. The van der Waals surface area contributed by atoms with E-state index in [4.69, 9.17) is 0 Å². The quantitative estimate of drug-likeness (QED) is 0.649. The van der Waals surface area contributed by atoms with Gasteiger partial charge >= 0.3 is 0 Å². The van der Waals surface area contributed by atoms with Crippen molar-refractivity contribution in [2.75, 3.05) is 16.4 Å². The highest BCUT2D eigenvalue weighted by Gasteiger charge is 2.14. The average Bonchev–Trinajstić information content (AvgIpc) is 3.11. The number of benzene rings is 2. The summed E-state index contributed by atoms with van der Waals surface area (Å²) in [6.45, 7) is 0. The molecule has 126 valence electrons. The van der Waals surface area contributed by atoms with Crippen molar-refractivity contribution in [2.45, 2.75) is 4.34 Å². The predicted molar refractivity (Wildman–Crippen MR) is 100 cm³/mol. The molecule has 25 heavy (non-hydrogen) atoms. The van der Waals surface area contributed by atoms with Gasteiger partial charge in [0, 0.05) is 11.4 Å². The fourth-order valence-electron chi connectivity index (χ4n) is 1.91. The average molecular weight is 370 g/mol. The van der Waals surface area contributed by atoms with Gasteiger partial charge in [-0.05, 0) is 24.3 Å². The molecule has 1 heterocycles. The van der Waals surface area contributed by atoms with Crippen molar-refractivity contribution in [1.82, 2.24) is 10.2 Å². The maximum Gasteiger partial charge on any atom is 0.286 e. The number of hydrogen-bond acceptors (Lipinski definition) is 6. The lowest BCUT2D eigenvalue weighted by Gasteiger charge is -2.03. The summed E-state index contributed by atoms with van der Waals surface area (Å²) in [6, 6.07) is 18.4. The molecule has 0 spiro atoms. The van der Waals surface area contributed by atoms with Crippen LogP contribution in [0.2, 0.25) is 0 Å². The van der Waals surface area contributed by atoms with Gasteiger partial charge in [-0.3, -0.25) is 9.59 Å². The summed E-state index contributed by atoms with van der Waals surface area (Å²) in [5, 5.41) is 13.6. The normalized spacial score (nSPS) is 10.2. The third-order valence-electron chi connectivity index (χ3n) is 3.02. The topological polar surface area (TPSA) is 84.0 Å². The molecule has 0 atom stereocenters. The molecule has 6 nitrogen and oxygen atoms in total. The van der Waals surface area contributed by atoms with Gasteiger partial charge in [0.1, 0.15) is 0 Å². The van der Waals surface area contributed by atoms with Gasteiger partial charge in [-0.15, -0.1) is 10.2 Å². The molecule has 0 bridgehead atoms. The minimum absolute atomic E-state index is 0.137. The van der Waals surface area contributed by atoms with Crippen molar-refractivity contribution < 1.29 is 9.59 Å². The number of amides is 2. The molecule has 0 saturated heterocycles. The number of carbonyl (C=O) groups is 2. The smallest absolute Gasteiger partial charge is 0.286 e. The minimum Gasteiger partial charge on any atom is -0.325 e. The molecule has 3 aromatic rings. The van der Waals surface area contributed by atoms with Crippen LogP contribution in [0.15, 0.2) is 65.0 Å². The Morgan fingerprint density at radius 2 is 1.48 bits per heavy atom. The Bertz CT molecular complexity index is 853. The number of anilines is 2. The van der Waals surface area contributed by atoms with Crippen molar-refractivity contribution in [3.05, 3.63) is 65.7 Å². The van der Waals surface area contributed by atoms with Gasteiger partial charge in [-0.1, -0.05) is 59.5 Å². The Hall–Kier alpha value is -2.71. The van der Waals surface area contributed by atoms with Crippen LogP contribution in [-0.4, -0.2) is 27.8 Å². The second-order valence-corrected chi connectivity index (χ2v) is 7.10. The minimum atomic E-state index is -0.315. The summed E-state index contributed by atoms with van der Waals surface area (Å²) in [5.41, 5.74) is 1.44. The van der Waals surface area contributed by atoms with Gasteiger partial charge in [0.15, 0.2) is 4.34 Å². The zero-order chi connectivity index (χ0) is 17.5. The first kappa shape index (κ1) is 17.1. The summed E-state index contributed by atoms with van der Waals surface area (Å²) in [5.74, 6) is -0.255. The second kappa shape index (κ2) is 8.41. The molecule has 3 rings (SSSR count). The predicted octanol–water partition coefficient (Wildman–Crippen LogP) is 3.52. The highest BCUT2D eigenvalue weighted by Crippen LogP contribution is 2.23. The fourth-order valence-corrected chi connectivity index (χ4v) is 3.46. The molecule has 0 fully saturated rings. The summed E-state index contributed by atoms with van der Waals surface area (Å²) in [4.78, 5) is 24.0. The highest BCUT2D eigenvalue weighted by atomic mass is 32.2. The molecular formula is C17H14N4O2S2. The molecule has 1 aromatic heterocycles. The Morgan fingerprint density at radius 3 is 2.12 bits per heavy atom. The van der Waals surface area contributed by atoms with E-state index in [1.54, 1.807) is 12.1 Å². The van der Waals surface area contributed by atoms with Gasteiger partial charge in [-0.2, -0.15) is 0 Å². The maximum absolute atomic E-state index is 12.1. The van der Waals surface area contributed by atoms with E-state index in [-0.39, 0.29) is 22.6 Å². The summed E-state index contributed by atoms with van der Waals surface area (Å²) in [7, 11) is 0. The Morgan fingerprint density at radius 1 is 0.880 bits per heavy atom. The fraction of sp³-hybridized carbons (Fsp3) is 0.0588. The summed E-state index contributed by atoms with van der Waals surface area (Å²) in [6.07, 6.45) is 0. The van der Waals surface area contributed by atoms with Crippen LogP contribution in [0.1, 0.15) is 9.80 Å². The van der Waals surface area contributed by atoms with E-state index in [2.05, 4.69) is 20.8 Å². The van der Waals surface area contributed by atoms with E-state index in [1.807, 2.05) is 48.5 Å². The van der Waals surface area contributed by atoms with Crippen LogP contribution in [0.5, 0.6) is 0 Å². The Balaban J connectivity index is 1.51. The van der Waals surface area contributed by atoms with Crippen molar-refractivity contribution in [3.63, 3.8) is 0 Å². The van der Waals surface area contributed by atoms with Crippen LogP contribution in [0.4, 0.5) is 11.4 Å². The number of carbonyl (C=O) groups excluding carboxylic acids is 2. The molecule has 0 aliphatic rings. The number of nitrogens with one attached hydrogen (secondary N) is 2. The Labute approximate surface area is 152 Å². The number of para-hydroxylation sites is 2. The molecule has 0 aliphatic carbocycles. The van der Waals surface area contributed by atoms with Crippen molar-refractivity contribution >= 4 is 46.3 Å². The largest absolute Gasteiger partial charge is 0.325 e. The number of aromatic nitrogens is 2. The third kappa shape index (κ3) is 5.13. The van der Waals surface area contributed by atoms with Crippen LogP contribution < -0.4 is 10.6 Å². The van der Waals surface area contributed by atoms with E-state index < -0.39 is 0 Å². The molecule has 2 N–H and O–H groups in total. The van der Waals surface area contributed by atoms with Gasteiger partial charge in [-0.25, -0.2) is 0 Å². The number of rotatable bonds is 6. The van der Waals surface area contributed by atoms with Crippen LogP contribution in [-0.2, 0) is 4.79 Å². The molecule has 0 aliphatic heterocycles. The number of hydrogen-bond donors (Lipinski definition) is 2. The molecule has 2 amide bonds. The highest BCUT2D eigenvalue weighted by molar-refractivity contribution is 8.01. The van der Waals surface area contributed by atoms with E-state index >= 15 is 0 Å². The first-order valence-electron chi connectivity index (χ1n) is 7.38. The van der Waals surface area contributed by atoms with Crippen LogP contribution in [0.3, 0.4) is 0 Å². The van der Waals surface area contributed by atoms with E-state index in [0.29, 0.717) is 10.0 Å². The summed E-state index contributed by atoms with van der Waals surface area (Å²) >= 11 is 2.40. The maximum atomic E-state index is 12.1. The second-order valence-electron chi connectivity index (χ2n) is 4.90. The summed E-state index contributed by atoms with van der Waals surface area (Å²) < 4.78 is 0.571. The molecule has 0 unspecified atom stereocenters. The van der Waals surface area contributed by atoms with Crippen LogP contribution >= 0.6 is 23.1 Å². The molecule has 0 saturated carbocycles. The van der Waals surface area contributed by atoms with Crippen LogP contribution in [0, 0.1) is 0 Å².